The zero-order valence-corrected chi connectivity index (χ0v) is 12.9. The molecule has 0 spiro atoms. The molecule has 0 amide bonds. The van der Waals surface area contributed by atoms with E-state index in [1.165, 1.54) is 11.3 Å². The molecular weight excluding hydrogens is 232 g/mol. The Bertz CT molecular complexity index is 421. The molecule has 0 N–H and O–H groups in total. The zero-order chi connectivity index (χ0) is 14.6. The Labute approximate surface area is 118 Å². The van der Waals surface area contributed by atoms with Gasteiger partial charge in [-0.05, 0) is 38.8 Å². The van der Waals surface area contributed by atoms with Crippen LogP contribution >= 0.6 is 0 Å². The van der Waals surface area contributed by atoms with Crippen molar-refractivity contribution in [2.45, 2.75) is 40.7 Å². The topological polar surface area (TPSA) is 27.0 Å². The number of nitriles is 1. The van der Waals surface area contributed by atoms with Crippen molar-refractivity contribution in [1.82, 2.24) is 4.90 Å². The van der Waals surface area contributed by atoms with E-state index in [9.17, 15) is 0 Å². The van der Waals surface area contributed by atoms with Gasteiger partial charge in [-0.15, -0.1) is 0 Å². The first-order valence-electron chi connectivity index (χ1n) is 7.24. The summed E-state index contributed by atoms with van der Waals surface area (Å²) in [6.45, 7) is 15.3. The van der Waals surface area contributed by atoms with Crippen LogP contribution in [0.3, 0.4) is 0 Å². The van der Waals surface area contributed by atoms with E-state index in [0.717, 1.165) is 6.54 Å². The van der Waals surface area contributed by atoms with Crippen molar-refractivity contribution in [1.29, 1.82) is 5.26 Å². The summed E-state index contributed by atoms with van der Waals surface area (Å²) < 4.78 is 0. The standard InChI is InChI=1S/C15H20N2.C2H6/c1-5-6-12(7-10(2)3)17-9-14-13(8-16)15(14)11(17)4;1-2/h5-7,11,13-15H,1,9H2,2-4H3;1-2H3/b12-6+;. The summed E-state index contributed by atoms with van der Waals surface area (Å²) in [6, 6.07) is 2.90. The first kappa shape index (κ1) is 15.6. The fraction of sp³-hybridized carbons (Fsp3) is 0.588. The van der Waals surface area contributed by atoms with Gasteiger partial charge in [-0.1, -0.05) is 32.1 Å². The van der Waals surface area contributed by atoms with Gasteiger partial charge in [0.2, 0.25) is 0 Å². The first-order valence-corrected chi connectivity index (χ1v) is 7.24. The lowest BCUT2D eigenvalue weighted by atomic mass is 10.1. The van der Waals surface area contributed by atoms with Crippen molar-refractivity contribution in [2.75, 3.05) is 6.54 Å². The quantitative estimate of drug-likeness (QED) is 0.711. The minimum absolute atomic E-state index is 0.304. The number of fused-ring (bicyclic) bond motifs is 1. The van der Waals surface area contributed by atoms with Gasteiger partial charge >= 0.3 is 0 Å². The molecule has 2 rings (SSSR count). The number of likely N-dealkylation sites (tertiary alicyclic amines) is 1. The molecule has 2 fully saturated rings. The van der Waals surface area contributed by atoms with Crippen LogP contribution in [0.4, 0.5) is 0 Å². The second-order valence-corrected chi connectivity index (χ2v) is 5.34. The Hall–Kier alpha value is -1.49. The second kappa shape index (κ2) is 6.61. The van der Waals surface area contributed by atoms with Crippen molar-refractivity contribution in [3.05, 3.63) is 36.1 Å². The fourth-order valence-electron chi connectivity index (χ4n) is 3.06. The first-order chi connectivity index (χ1) is 9.10. The normalized spacial score (nSPS) is 31.6. The van der Waals surface area contributed by atoms with Gasteiger partial charge in [0.1, 0.15) is 0 Å². The van der Waals surface area contributed by atoms with Gasteiger partial charge in [0.05, 0.1) is 12.0 Å². The van der Waals surface area contributed by atoms with Crippen LogP contribution in [-0.2, 0) is 0 Å². The molecule has 104 valence electrons. The molecule has 0 aromatic heterocycles. The van der Waals surface area contributed by atoms with Gasteiger partial charge in [-0.25, -0.2) is 0 Å². The molecule has 1 aliphatic heterocycles. The average Bonchev–Trinajstić information content (AvgIpc) is 2.99. The summed E-state index contributed by atoms with van der Waals surface area (Å²) in [5.41, 5.74) is 2.53. The van der Waals surface area contributed by atoms with Crippen LogP contribution in [0.1, 0.15) is 34.6 Å². The Morgan fingerprint density at radius 2 is 2.00 bits per heavy atom. The van der Waals surface area contributed by atoms with Gasteiger partial charge in [-0.2, -0.15) is 5.26 Å². The molecule has 1 saturated carbocycles. The highest BCUT2D eigenvalue weighted by atomic mass is 15.2. The molecule has 4 atom stereocenters. The molecule has 2 nitrogen and oxygen atoms in total. The van der Waals surface area contributed by atoms with E-state index in [1.54, 1.807) is 0 Å². The Morgan fingerprint density at radius 1 is 1.37 bits per heavy atom. The minimum atomic E-state index is 0.304. The molecule has 2 aliphatic rings. The van der Waals surface area contributed by atoms with Crippen molar-refractivity contribution in [3.8, 4) is 6.07 Å². The van der Waals surface area contributed by atoms with Crippen LogP contribution in [0, 0.1) is 29.1 Å². The summed E-state index contributed by atoms with van der Waals surface area (Å²) in [5.74, 6) is 1.48. The van der Waals surface area contributed by atoms with Gasteiger partial charge in [0.15, 0.2) is 0 Å². The number of hydrogen-bond acceptors (Lipinski definition) is 2. The van der Waals surface area contributed by atoms with E-state index in [4.69, 9.17) is 5.26 Å². The summed E-state index contributed by atoms with van der Waals surface area (Å²) in [4.78, 5) is 2.41. The van der Waals surface area contributed by atoms with Crippen LogP contribution in [0.15, 0.2) is 36.1 Å². The number of hydrogen-bond donors (Lipinski definition) is 0. The van der Waals surface area contributed by atoms with E-state index in [2.05, 4.69) is 50.5 Å². The highest BCUT2D eigenvalue weighted by Gasteiger charge is 2.60. The predicted octanol–water partition coefficient (Wildman–Crippen LogP) is 4.14. The van der Waals surface area contributed by atoms with Crippen molar-refractivity contribution < 1.29 is 0 Å². The molecule has 1 aliphatic carbocycles. The van der Waals surface area contributed by atoms with E-state index >= 15 is 0 Å². The highest BCUT2D eigenvalue weighted by Crippen LogP contribution is 2.55. The summed E-state index contributed by atoms with van der Waals surface area (Å²) in [6.07, 6.45) is 6.10. The fourth-order valence-corrected chi connectivity index (χ4v) is 3.06. The third-order valence-electron chi connectivity index (χ3n) is 3.89. The Balaban J connectivity index is 0.000000861. The maximum Gasteiger partial charge on any atom is 0.0663 e. The minimum Gasteiger partial charge on any atom is -0.368 e. The van der Waals surface area contributed by atoms with E-state index < -0.39 is 0 Å². The summed E-state index contributed by atoms with van der Waals surface area (Å²) in [7, 11) is 0. The molecule has 0 radical (unpaired) electrons. The summed E-state index contributed by atoms with van der Waals surface area (Å²) in [5, 5.41) is 8.99. The van der Waals surface area contributed by atoms with Crippen LogP contribution in [0.25, 0.3) is 0 Å². The SMILES string of the molecule is C=C/C=C(\C=C(C)C)N1CC2C(C#N)C2C1C.CC. The number of piperidine rings is 1. The third-order valence-corrected chi connectivity index (χ3v) is 3.89. The molecule has 19 heavy (non-hydrogen) atoms. The lowest BCUT2D eigenvalue weighted by Crippen LogP contribution is -2.31. The van der Waals surface area contributed by atoms with Crippen LogP contribution < -0.4 is 0 Å². The third kappa shape index (κ3) is 3.10. The zero-order valence-electron chi connectivity index (χ0n) is 12.9. The molecule has 0 bridgehead atoms. The maximum atomic E-state index is 8.99. The largest absolute Gasteiger partial charge is 0.368 e. The second-order valence-electron chi connectivity index (χ2n) is 5.34. The van der Waals surface area contributed by atoms with Gasteiger partial charge < -0.3 is 4.90 Å². The van der Waals surface area contributed by atoms with Gasteiger partial charge in [0.25, 0.3) is 0 Å². The number of nitrogens with zero attached hydrogens (tertiary/aromatic N) is 2. The predicted molar refractivity (Wildman–Crippen MR) is 81.3 cm³/mol. The Morgan fingerprint density at radius 3 is 2.37 bits per heavy atom. The average molecular weight is 258 g/mol. The Kier molecular flexibility index (Phi) is 5.42. The molecular formula is C17H26N2. The lowest BCUT2D eigenvalue weighted by Gasteiger charge is -2.28. The smallest absolute Gasteiger partial charge is 0.0663 e. The molecule has 1 saturated heterocycles. The number of allylic oxidation sites excluding steroid dienone is 4. The maximum absolute atomic E-state index is 8.99. The van der Waals surface area contributed by atoms with Crippen molar-refractivity contribution >= 4 is 0 Å². The van der Waals surface area contributed by atoms with Gasteiger partial charge in [0, 0.05) is 24.2 Å². The van der Waals surface area contributed by atoms with Crippen molar-refractivity contribution in [3.63, 3.8) is 0 Å². The lowest BCUT2D eigenvalue weighted by molar-refractivity contribution is 0.293. The molecule has 0 aromatic carbocycles. The van der Waals surface area contributed by atoms with Crippen LogP contribution in [0.2, 0.25) is 0 Å². The number of rotatable bonds is 3. The van der Waals surface area contributed by atoms with E-state index in [0.29, 0.717) is 23.8 Å². The molecule has 0 aromatic rings. The highest BCUT2D eigenvalue weighted by molar-refractivity contribution is 5.30. The van der Waals surface area contributed by atoms with Crippen molar-refractivity contribution in [2.24, 2.45) is 17.8 Å². The summed E-state index contributed by atoms with van der Waals surface area (Å²) >= 11 is 0. The van der Waals surface area contributed by atoms with Gasteiger partial charge in [-0.3, -0.25) is 0 Å². The molecule has 1 heterocycles. The van der Waals surface area contributed by atoms with E-state index in [-0.39, 0.29) is 0 Å². The molecule has 2 heteroatoms. The van der Waals surface area contributed by atoms with E-state index in [1.807, 2.05) is 19.9 Å². The molecule has 4 unspecified atom stereocenters. The van der Waals surface area contributed by atoms with Crippen LogP contribution in [-0.4, -0.2) is 17.5 Å². The van der Waals surface area contributed by atoms with Crippen LogP contribution in [0.5, 0.6) is 0 Å². The monoisotopic (exact) mass is 258 g/mol.